The Morgan fingerprint density at radius 3 is 1.57 bits per heavy atom. The molecule has 0 radical (unpaired) electrons. The normalized spacial score (nSPS) is 20.5. The highest BCUT2D eigenvalue weighted by Crippen LogP contribution is 2.59. The number of fused-ring (bicyclic) bond motifs is 6. The summed E-state index contributed by atoms with van der Waals surface area (Å²) in [6.45, 7) is 4.96. The van der Waals surface area contributed by atoms with Crippen LogP contribution in [0.1, 0.15) is 178 Å². The molecule has 1 atom stereocenters. The highest BCUT2D eigenvalue weighted by Gasteiger charge is 2.47. The molecule has 3 fully saturated rings. The molecule has 0 spiro atoms. The minimum absolute atomic E-state index is 0.106. The molecule has 1 nitrogen and oxygen atoms in total. The fourth-order valence-electron chi connectivity index (χ4n) is 13.8. The van der Waals surface area contributed by atoms with Crippen LogP contribution < -0.4 is 4.90 Å². The number of para-hydroxylation sites is 1. The summed E-state index contributed by atoms with van der Waals surface area (Å²) in [5, 5.41) is 0. The molecule has 3 saturated carbocycles. The van der Waals surface area contributed by atoms with Crippen LogP contribution in [0.25, 0.3) is 22.3 Å². The molecule has 7 aromatic carbocycles. The molecule has 5 aliphatic carbocycles. The molecule has 0 heterocycles. The summed E-state index contributed by atoms with van der Waals surface area (Å²) in [5.41, 5.74) is 21.7. The third-order valence-corrected chi connectivity index (χ3v) is 17.1. The monoisotopic (exact) mass is 848 g/mol. The lowest BCUT2D eigenvalue weighted by atomic mass is 9.67. The van der Waals surface area contributed by atoms with Crippen LogP contribution >= 0.6 is 0 Å². The number of nitrogens with zero attached hydrogens (tertiary/aromatic N) is 1. The summed E-state index contributed by atoms with van der Waals surface area (Å²) >= 11 is 0. The lowest BCUT2D eigenvalue weighted by Crippen LogP contribution is -2.29. The fraction of sp³-hybridized carbons (Fsp3) is 0.344. The van der Waals surface area contributed by atoms with E-state index in [2.05, 4.69) is 176 Å². The van der Waals surface area contributed by atoms with Crippen molar-refractivity contribution in [2.75, 3.05) is 4.90 Å². The fourth-order valence-corrected chi connectivity index (χ4v) is 13.8. The van der Waals surface area contributed by atoms with E-state index in [1.165, 1.54) is 180 Å². The van der Waals surface area contributed by atoms with Gasteiger partial charge in [0, 0.05) is 22.5 Å². The van der Waals surface area contributed by atoms with E-state index in [0.29, 0.717) is 17.8 Å². The smallest absolute Gasteiger partial charge is 0.0714 e. The first-order valence-electron chi connectivity index (χ1n) is 25.6. The van der Waals surface area contributed by atoms with Gasteiger partial charge in [0.25, 0.3) is 0 Å². The molecular weight excluding hydrogens is 783 g/mol. The van der Waals surface area contributed by atoms with Crippen molar-refractivity contribution in [1.82, 2.24) is 0 Å². The zero-order chi connectivity index (χ0) is 43.5. The van der Waals surface area contributed by atoms with Crippen molar-refractivity contribution in [3.05, 3.63) is 208 Å². The molecule has 1 heteroatoms. The zero-order valence-electron chi connectivity index (χ0n) is 38.8. The Morgan fingerprint density at radius 2 is 0.877 bits per heavy atom. The zero-order valence-corrected chi connectivity index (χ0v) is 38.8. The molecule has 0 aliphatic heterocycles. The highest BCUT2D eigenvalue weighted by molar-refractivity contribution is 5.91. The minimum atomic E-state index is -0.472. The Morgan fingerprint density at radius 1 is 0.369 bits per heavy atom. The molecule has 0 bridgehead atoms. The molecule has 326 valence electrons. The average Bonchev–Trinajstić information content (AvgIpc) is 3.80. The Hall–Kier alpha value is -5.66. The van der Waals surface area contributed by atoms with E-state index in [0.717, 1.165) is 0 Å². The molecule has 12 rings (SSSR count). The molecule has 0 N–H and O–H groups in total. The van der Waals surface area contributed by atoms with Crippen molar-refractivity contribution >= 4 is 17.1 Å². The standard InChI is InChI=1S/C64H65N/c1-63(2)59-41-48(45-22-9-4-10-23-45)34-37-55(59)56-38-35-51(42-60(56)63)65(62-33-18-16-30-53(62)46-24-11-5-12-25-46)52-36-39-57-54-31-15-17-32-58(54)64(61(57)43-52,49-27-13-6-14-28-49)50-29-19-26-47(40-50)44-20-7-3-8-21-44/h6,13-19,26-46H,3-5,7-12,20-25H2,1-2H3. The number of hydrogen-bond donors (Lipinski definition) is 0. The maximum Gasteiger partial charge on any atom is 0.0714 e. The number of anilines is 3. The van der Waals surface area contributed by atoms with E-state index < -0.39 is 5.41 Å². The van der Waals surface area contributed by atoms with Gasteiger partial charge in [-0.2, -0.15) is 0 Å². The van der Waals surface area contributed by atoms with Gasteiger partial charge in [-0.1, -0.05) is 199 Å². The van der Waals surface area contributed by atoms with Crippen LogP contribution in [0.3, 0.4) is 0 Å². The SMILES string of the molecule is CC1(C)c2cc(C3CCCCC3)ccc2-c2ccc(N(c3ccc4c(c3)C(c3ccccc3)(c3cccc(C5CCCCC5)c3)c3ccccc3-4)c3ccccc3C3CCCCC3)cc21. The van der Waals surface area contributed by atoms with Crippen molar-refractivity contribution in [1.29, 1.82) is 0 Å². The Labute approximate surface area is 389 Å². The predicted octanol–water partition coefficient (Wildman–Crippen LogP) is 18.0. The molecule has 1 unspecified atom stereocenters. The van der Waals surface area contributed by atoms with Crippen LogP contribution in [0.5, 0.6) is 0 Å². The third kappa shape index (κ3) is 6.77. The van der Waals surface area contributed by atoms with Gasteiger partial charge in [0.15, 0.2) is 0 Å². The van der Waals surface area contributed by atoms with Crippen LogP contribution in [-0.2, 0) is 10.8 Å². The van der Waals surface area contributed by atoms with Crippen molar-refractivity contribution < 1.29 is 0 Å². The lowest BCUT2D eigenvalue weighted by molar-refractivity contribution is 0.443. The second-order valence-corrected chi connectivity index (χ2v) is 21.1. The van der Waals surface area contributed by atoms with Gasteiger partial charge in [0.05, 0.1) is 5.41 Å². The van der Waals surface area contributed by atoms with Crippen molar-refractivity contribution in [3.63, 3.8) is 0 Å². The van der Waals surface area contributed by atoms with Crippen LogP contribution in [0.15, 0.2) is 158 Å². The second kappa shape index (κ2) is 16.6. The number of hydrogen-bond acceptors (Lipinski definition) is 1. The predicted molar refractivity (Wildman–Crippen MR) is 273 cm³/mol. The summed E-state index contributed by atoms with van der Waals surface area (Å²) in [5.74, 6) is 1.87. The minimum Gasteiger partial charge on any atom is -0.310 e. The first kappa shape index (κ1) is 40.8. The first-order chi connectivity index (χ1) is 32.0. The molecule has 7 aromatic rings. The maximum atomic E-state index is 2.66. The lowest BCUT2D eigenvalue weighted by Gasteiger charge is -2.36. The Bertz CT molecular complexity index is 2860. The van der Waals surface area contributed by atoms with E-state index in [-0.39, 0.29) is 5.41 Å². The number of rotatable bonds is 8. The van der Waals surface area contributed by atoms with E-state index in [4.69, 9.17) is 0 Å². The van der Waals surface area contributed by atoms with Gasteiger partial charge in [-0.15, -0.1) is 0 Å². The topological polar surface area (TPSA) is 3.24 Å². The van der Waals surface area contributed by atoms with E-state index in [1.54, 1.807) is 5.56 Å². The van der Waals surface area contributed by atoms with Gasteiger partial charge >= 0.3 is 0 Å². The quantitative estimate of drug-likeness (QED) is 0.147. The molecule has 0 saturated heterocycles. The largest absolute Gasteiger partial charge is 0.310 e. The van der Waals surface area contributed by atoms with Gasteiger partial charge in [-0.05, 0) is 159 Å². The first-order valence-corrected chi connectivity index (χ1v) is 25.6. The van der Waals surface area contributed by atoms with E-state index >= 15 is 0 Å². The van der Waals surface area contributed by atoms with Crippen LogP contribution in [0.2, 0.25) is 0 Å². The third-order valence-electron chi connectivity index (χ3n) is 17.1. The van der Waals surface area contributed by atoms with Gasteiger partial charge < -0.3 is 4.90 Å². The molecule has 0 amide bonds. The van der Waals surface area contributed by atoms with Crippen molar-refractivity contribution in [3.8, 4) is 22.3 Å². The van der Waals surface area contributed by atoms with Gasteiger partial charge in [0.1, 0.15) is 0 Å². The van der Waals surface area contributed by atoms with Gasteiger partial charge in [-0.25, -0.2) is 0 Å². The van der Waals surface area contributed by atoms with E-state index in [1.807, 2.05) is 0 Å². The average molecular weight is 848 g/mol. The van der Waals surface area contributed by atoms with Crippen LogP contribution in [-0.4, -0.2) is 0 Å². The van der Waals surface area contributed by atoms with E-state index in [9.17, 15) is 0 Å². The Kier molecular flexibility index (Phi) is 10.5. The number of benzene rings is 7. The molecular formula is C64H65N. The highest BCUT2D eigenvalue weighted by atomic mass is 15.1. The summed E-state index contributed by atoms with van der Waals surface area (Å²) in [6, 6.07) is 62.6. The van der Waals surface area contributed by atoms with Gasteiger partial charge in [0.2, 0.25) is 0 Å². The molecule has 65 heavy (non-hydrogen) atoms. The Balaban J connectivity index is 1.06. The summed E-state index contributed by atoms with van der Waals surface area (Å²) in [4.78, 5) is 2.66. The van der Waals surface area contributed by atoms with Crippen LogP contribution in [0.4, 0.5) is 17.1 Å². The van der Waals surface area contributed by atoms with Gasteiger partial charge in [-0.3, -0.25) is 0 Å². The maximum absolute atomic E-state index is 2.66. The van der Waals surface area contributed by atoms with Crippen LogP contribution in [0, 0.1) is 0 Å². The second-order valence-electron chi connectivity index (χ2n) is 21.1. The summed E-state index contributed by atoms with van der Waals surface area (Å²) in [6.07, 6.45) is 19.9. The molecule has 5 aliphatic rings. The van der Waals surface area contributed by atoms with Crippen molar-refractivity contribution in [2.45, 2.75) is 139 Å². The summed E-state index contributed by atoms with van der Waals surface area (Å²) < 4.78 is 0. The summed E-state index contributed by atoms with van der Waals surface area (Å²) in [7, 11) is 0. The molecule has 0 aromatic heterocycles. The van der Waals surface area contributed by atoms with Crippen molar-refractivity contribution in [2.24, 2.45) is 0 Å².